The fraction of sp³-hybridized carbons (Fsp3) is 0.308. The van der Waals surface area contributed by atoms with Crippen molar-refractivity contribution in [2.45, 2.75) is 39.2 Å². The van der Waals surface area contributed by atoms with Gasteiger partial charge in [0.1, 0.15) is 10.3 Å². The molecule has 0 aliphatic heterocycles. The number of carbonyl (C=O) groups excluding carboxylic acids is 1. The summed E-state index contributed by atoms with van der Waals surface area (Å²) in [5.74, 6) is 0.186. The molecule has 0 aliphatic carbocycles. The van der Waals surface area contributed by atoms with Gasteiger partial charge in [-0.25, -0.2) is 0 Å². The van der Waals surface area contributed by atoms with Crippen LogP contribution in [0.25, 0.3) is 21.0 Å². The molecule has 0 bridgehead atoms. The number of aromatic nitrogens is 1. The van der Waals surface area contributed by atoms with E-state index < -0.39 is 0 Å². The van der Waals surface area contributed by atoms with Crippen molar-refractivity contribution in [3.05, 3.63) is 75.4 Å². The summed E-state index contributed by atoms with van der Waals surface area (Å²) in [7, 11) is 1.53. The Morgan fingerprint density at radius 2 is 1.81 bits per heavy atom. The number of hydrogen-bond acceptors (Lipinski definition) is 4. The highest BCUT2D eigenvalue weighted by atomic mass is 32.1. The number of carbonyl (C=O) groups is 1. The molecule has 0 aliphatic rings. The predicted octanol–water partition coefficient (Wildman–Crippen LogP) is 5.39. The summed E-state index contributed by atoms with van der Waals surface area (Å²) in [5.41, 5.74) is 2.06. The second-order valence-electron chi connectivity index (χ2n) is 7.84. The molecule has 4 rings (SSSR count). The summed E-state index contributed by atoms with van der Waals surface area (Å²) in [6.07, 6.45) is 3.65. The summed E-state index contributed by atoms with van der Waals surface area (Å²) in [6, 6.07) is 18.1. The molecule has 166 valence electrons. The van der Waals surface area contributed by atoms with Crippen molar-refractivity contribution < 1.29 is 9.53 Å². The van der Waals surface area contributed by atoms with Crippen LogP contribution in [0.5, 0.6) is 5.75 Å². The Morgan fingerprint density at radius 3 is 2.56 bits per heavy atom. The van der Waals surface area contributed by atoms with Crippen molar-refractivity contribution in [1.29, 1.82) is 0 Å². The molecule has 1 amide bonds. The van der Waals surface area contributed by atoms with E-state index in [0.29, 0.717) is 29.1 Å². The summed E-state index contributed by atoms with van der Waals surface area (Å²) in [5, 5.41) is 4.48. The number of amides is 1. The van der Waals surface area contributed by atoms with Crippen LogP contribution in [0, 0.1) is 0 Å². The molecular formula is C26H28N2O3S. The zero-order chi connectivity index (χ0) is 22.5. The average Bonchev–Trinajstić information content (AvgIpc) is 3.23. The number of aryl methyl sites for hydroxylation is 2. The minimum absolute atomic E-state index is 0.0941. The molecule has 2 heterocycles. The second kappa shape index (κ2) is 10.0. The molecule has 0 fully saturated rings. The largest absolute Gasteiger partial charge is 0.494 e. The van der Waals surface area contributed by atoms with Crippen molar-refractivity contribution in [1.82, 2.24) is 9.88 Å². The quantitative estimate of drug-likeness (QED) is 0.349. The molecule has 32 heavy (non-hydrogen) atoms. The predicted molar refractivity (Wildman–Crippen MR) is 132 cm³/mol. The maximum Gasteiger partial charge on any atom is 0.265 e. The summed E-state index contributed by atoms with van der Waals surface area (Å²) in [6.45, 7) is 3.32. The number of nitrogens with one attached hydrogen (secondary N) is 1. The maximum atomic E-state index is 13.4. The molecular weight excluding hydrogens is 420 g/mol. The molecule has 0 atom stereocenters. The van der Waals surface area contributed by atoms with Gasteiger partial charge in [-0.2, -0.15) is 0 Å². The van der Waals surface area contributed by atoms with Gasteiger partial charge in [-0.15, -0.1) is 11.3 Å². The van der Waals surface area contributed by atoms with Crippen molar-refractivity contribution in [2.24, 2.45) is 0 Å². The van der Waals surface area contributed by atoms with Gasteiger partial charge in [0.05, 0.1) is 17.3 Å². The van der Waals surface area contributed by atoms with Crippen LogP contribution in [-0.2, 0) is 13.0 Å². The summed E-state index contributed by atoms with van der Waals surface area (Å²) >= 11 is 1.34. The van der Waals surface area contributed by atoms with Crippen LogP contribution in [0.15, 0.2) is 59.4 Å². The van der Waals surface area contributed by atoms with Crippen LogP contribution in [0.4, 0.5) is 0 Å². The van der Waals surface area contributed by atoms with Gasteiger partial charge < -0.3 is 14.6 Å². The lowest BCUT2D eigenvalue weighted by atomic mass is 10.1. The van der Waals surface area contributed by atoms with Gasteiger partial charge in [-0.05, 0) is 30.9 Å². The number of unbranched alkanes of at least 4 members (excludes halogenated alkanes) is 1. The Balaban J connectivity index is 1.66. The van der Waals surface area contributed by atoms with Crippen LogP contribution < -0.4 is 15.6 Å². The van der Waals surface area contributed by atoms with E-state index in [1.807, 2.05) is 47.0 Å². The third-order valence-corrected chi connectivity index (χ3v) is 6.88. The lowest BCUT2D eigenvalue weighted by Gasteiger charge is -2.11. The van der Waals surface area contributed by atoms with Crippen LogP contribution in [0.1, 0.15) is 41.4 Å². The zero-order valence-corrected chi connectivity index (χ0v) is 19.3. The number of hydrogen-bond donors (Lipinski definition) is 1. The number of rotatable bonds is 9. The molecule has 5 nitrogen and oxygen atoms in total. The van der Waals surface area contributed by atoms with Crippen molar-refractivity contribution >= 4 is 38.2 Å². The molecule has 0 saturated heterocycles. The molecule has 0 saturated carbocycles. The molecule has 0 radical (unpaired) electrons. The van der Waals surface area contributed by atoms with Crippen LogP contribution in [-0.4, -0.2) is 24.1 Å². The van der Waals surface area contributed by atoms with E-state index in [4.69, 9.17) is 4.74 Å². The second-order valence-corrected chi connectivity index (χ2v) is 8.86. The highest BCUT2D eigenvalue weighted by Gasteiger charge is 2.24. The van der Waals surface area contributed by atoms with Gasteiger partial charge in [-0.1, -0.05) is 61.9 Å². The number of fused-ring (bicyclic) bond motifs is 3. The Morgan fingerprint density at radius 1 is 1.06 bits per heavy atom. The van der Waals surface area contributed by atoms with Gasteiger partial charge in [0.25, 0.3) is 11.5 Å². The number of thiophene rings is 1. The van der Waals surface area contributed by atoms with E-state index in [0.717, 1.165) is 41.3 Å². The minimum atomic E-state index is -0.195. The van der Waals surface area contributed by atoms with E-state index in [9.17, 15) is 9.59 Å². The fourth-order valence-corrected chi connectivity index (χ4v) is 5.26. The first-order valence-corrected chi connectivity index (χ1v) is 11.9. The van der Waals surface area contributed by atoms with Gasteiger partial charge in [0, 0.05) is 18.5 Å². The molecule has 0 unspecified atom stereocenters. The topological polar surface area (TPSA) is 60.3 Å². The van der Waals surface area contributed by atoms with Gasteiger partial charge in [0.15, 0.2) is 5.75 Å². The molecule has 6 heteroatoms. The maximum absolute atomic E-state index is 13.4. The van der Waals surface area contributed by atoms with Gasteiger partial charge in [0.2, 0.25) is 0 Å². The number of methoxy groups -OCH3 is 1. The molecule has 2 aromatic carbocycles. The molecule has 4 aromatic rings. The first-order chi connectivity index (χ1) is 15.7. The van der Waals surface area contributed by atoms with Crippen molar-refractivity contribution in [3.63, 3.8) is 0 Å². The monoisotopic (exact) mass is 448 g/mol. The van der Waals surface area contributed by atoms with E-state index >= 15 is 0 Å². The first kappa shape index (κ1) is 22.1. The third kappa shape index (κ3) is 4.28. The summed E-state index contributed by atoms with van der Waals surface area (Å²) in [4.78, 5) is 26.9. The number of pyridine rings is 1. The van der Waals surface area contributed by atoms with E-state index in [2.05, 4.69) is 24.4 Å². The van der Waals surface area contributed by atoms with Crippen LogP contribution >= 0.6 is 11.3 Å². The van der Waals surface area contributed by atoms with Crippen LogP contribution in [0.2, 0.25) is 0 Å². The first-order valence-electron chi connectivity index (χ1n) is 11.1. The zero-order valence-electron chi connectivity index (χ0n) is 18.5. The number of ether oxygens (including phenoxy) is 1. The smallest absolute Gasteiger partial charge is 0.265 e. The Hall–Kier alpha value is -3.12. The van der Waals surface area contributed by atoms with Gasteiger partial charge in [-0.3, -0.25) is 9.59 Å². The highest BCUT2D eigenvalue weighted by molar-refractivity contribution is 7.22. The van der Waals surface area contributed by atoms with E-state index in [-0.39, 0.29) is 11.5 Å². The average molecular weight is 449 g/mol. The fourth-order valence-electron chi connectivity index (χ4n) is 4.05. The highest BCUT2D eigenvalue weighted by Crippen LogP contribution is 2.39. The van der Waals surface area contributed by atoms with Crippen molar-refractivity contribution in [3.8, 4) is 5.75 Å². The van der Waals surface area contributed by atoms with E-state index in [1.54, 1.807) is 0 Å². The normalized spacial score (nSPS) is 11.2. The molecule has 0 spiro atoms. The van der Waals surface area contributed by atoms with Gasteiger partial charge >= 0.3 is 0 Å². The molecule has 1 N–H and O–H groups in total. The lowest BCUT2D eigenvalue weighted by molar-refractivity contribution is 0.0954. The summed E-state index contributed by atoms with van der Waals surface area (Å²) < 4.78 is 8.25. The standard InChI is InChI=1S/C26H28N2O3S/c1-3-4-17-28-20-15-9-8-14-19(20)23-21(26(28)30)22(31-2)24(32-23)25(29)27-16-10-13-18-11-6-5-7-12-18/h5-9,11-12,14-15H,3-4,10,13,16-17H2,1-2H3,(H,27,29). The Kier molecular flexibility index (Phi) is 6.90. The third-order valence-electron chi connectivity index (χ3n) is 5.68. The number of benzene rings is 2. The Bertz CT molecular complexity index is 1290. The Labute approximate surface area is 191 Å². The lowest BCUT2D eigenvalue weighted by Crippen LogP contribution is -2.24. The minimum Gasteiger partial charge on any atom is -0.494 e. The SMILES string of the molecule is CCCCn1c(=O)c2c(OC)c(C(=O)NCCCc3ccccc3)sc2c2ccccc21. The van der Waals surface area contributed by atoms with E-state index in [1.165, 1.54) is 24.0 Å². The van der Waals surface area contributed by atoms with Crippen LogP contribution in [0.3, 0.4) is 0 Å². The molecule has 2 aromatic heterocycles. The number of nitrogens with zero attached hydrogens (tertiary/aromatic N) is 1. The van der Waals surface area contributed by atoms with Crippen molar-refractivity contribution in [2.75, 3.05) is 13.7 Å². The number of para-hydroxylation sites is 1.